The van der Waals surface area contributed by atoms with Gasteiger partial charge >= 0.3 is 0 Å². The summed E-state index contributed by atoms with van der Waals surface area (Å²) in [7, 11) is 0. The van der Waals surface area contributed by atoms with Crippen molar-refractivity contribution in [3.05, 3.63) is 29.3 Å². The average molecular weight is 228 g/mol. The summed E-state index contributed by atoms with van der Waals surface area (Å²) in [6, 6.07) is 8.05. The van der Waals surface area contributed by atoms with Gasteiger partial charge in [0.1, 0.15) is 12.2 Å². The van der Waals surface area contributed by atoms with Crippen LogP contribution in [0.1, 0.15) is 5.56 Å². The maximum atomic E-state index is 8.73. The SMILES string of the molecule is N#CCc1cn(CC#N)nc1-c1cccs1. The van der Waals surface area contributed by atoms with Crippen LogP contribution in [0, 0.1) is 22.7 Å². The van der Waals surface area contributed by atoms with E-state index in [0.29, 0.717) is 6.42 Å². The van der Waals surface area contributed by atoms with Crippen molar-refractivity contribution in [3.63, 3.8) is 0 Å². The molecule has 0 aliphatic heterocycles. The Kier molecular flexibility index (Phi) is 3.00. The van der Waals surface area contributed by atoms with E-state index in [1.165, 1.54) is 0 Å². The van der Waals surface area contributed by atoms with E-state index < -0.39 is 0 Å². The monoisotopic (exact) mass is 228 g/mol. The van der Waals surface area contributed by atoms with Crippen molar-refractivity contribution >= 4 is 11.3 Å². The zero-order valence-electron chi connectivity index (χ0n) is 8.42. The molecular formula is C11H8N4S. The van der Waals surface area contributed by atoms with Gasteiger partial charge in [0.05, 0.1) is 23.4 Å². The number of hydrogen-bond acceptors (Lipinski definition) is 4. The van der Waals surface area contributed by atoms with Gasteiger partial charge in [-0.25, -0.2) is 0 Å². The van der Waals surface area contributed by atoms with Gasteiger partial charge < -0.3 is 0 Å². The summed E-state index contributed by atoms with van der Waals surface area (Å²) >= 11 is 1.58. The first kappa shape index (κ1) is 10.4. The number of hydrogen-bond donors (Lipinski definition) is 0. The van der Waals surface area contributed by atoms with E-state index in [1.807, 2.05) is 23.6 Å². The smallest absolute Gasteiger partial charge is 0.128 e. The lowest BCUT2D eigenvalue weighted by Crippen LogP contribution is -1.95. The summed E-state index contributed by atoms with van der Waals surface area (Å²) in [5.41, 5.74) is 1.69. The fraction of sp³-hybridized carbons (Fsp3) is 0.182. The molecule has 0 fully saturated rings. The lowest BCUT2D eigenvalue weighted by Gasteiger charge is -1.92. The molecule has 0 spiro atoms. The van der Waals surface area contributed by atoms with Crippen LogP contribution in [-0.4, -0.2) is 9.78 Å². The highest BCUT2D eigenvalue weighted by Crippen LogP contribution is 2.26. The van der Waals surface area contributed by atoms with Crippen LogP contribution in [0.4, 0.5) is 0 Å². The van der Waals surface area contributed by atoms with Crippen LogP contribution >= 0.6 is 11.3 Å². The number of nitriles is 2. The molecule has 2 aromatic heterocycles. The highest BCUT2D eigenvalue weighted by atomic mass is 32.1. The molecule has 0 bridgehead atoms. The van der Waals surface area contributed by atoms with Crippen LogP contribution in [0.25, 0.3) is 10.6 Å². The van der Waals surface area contributed by atoms with Crippen LogP contribution in [0.15, 0.2) is 23.7 Å². The molecule has 0 aliphatic rings. The Morgan fingerprint density at radius 2 is 2.25 bits per heavy atom. The van der Waals surface area contributed by atoms with E-state index in [9.17, 15) is 0 Å². The predicted molar refractivity (Wildman–Crippen MR) is 60.5 cm³/mol. The van der Waals surface area contributed by atoms with E-state index in [-0.39, 0.29) is 6.54 Å². The van der Waals surface area contributed by atoms with Gasteiger partial charge in [-0.3, -0.25) is 4.68 Å². The molecule has 0 unspecified atom stereocenters. The summed E-state index contributed by atoms with van der Waals surface area (Å²) in [5.74, 6) is 0. The third-order valence-electron chi connectivity index (χ3n) is 2.09. The zero-order chi connectivity index (χ0) is 11.4. The average Bonchev–Trinajstić information content (AvgIpc) is 2.87. The van der Waals surface area contributed by atoms with Crippen LogP contribution in [-0.2, 0) is 13.0 Å². The van der Waals surface area contributed by atoms with Crippen molar-refractivity contribution in [2.75, 3.05) is 0 Å². The maximum Gasteiger partial charge on any atom is 0.128 e. The summed E-state index contributed by atoms with van der Waals surface area (Å²) in [6.45, 7) is 0.212. The molecule has 2 heterocycles. The van der Waals surface area contributed by atoms with Crippen molar-refractivity contribution in [2.45, 2.75) is 13.0 Å². The van der Waals surface area contributed by atoms with Gasteiger partial charge in [-0.05, 0) is 11.4 Å². The summed E-state index contributed by atoms with van der Waals surface area (Å²) < 4.78 is 1.57. The lowest BCUT2D eigenvalue weighted by molar-refractivity contribution is 0.712. The van der Waals surface area contributed by atoms with E-state index in [4.69, 9.17) is 10.5 Å². The summed E-state index contributed by atoms with van der Waals surface area (Å²) in [4.78, 5) is 1.03. The zero-order valence-corrected chi connectivity index (χ0v) is 9.24. The first-order valence-corrected chi connectivity index (χ1v) is 5.57. The number of thiophene rings is 1. The molecule has 0 saturated carbocycles. The Balaban J connectivity index is 2.43. The third-order valence-corrected chi connectivity index (χ3v) is 2.97. The van der Waals surface area contributed by atoms with Gasteiger partial charge in [0, 0.05) is 11.8 Å². The largest absolute Gasteiger partial charge is 0.258 e. The van der Waals surface area contributed by atoms with Crippen LogP contribution < -0.4 is 0 Å². The molecule has 0 atom stereocenters. The van der Waals surface area contributed by atoms with Crippen molar-refractivity contribution in [2.24, 2.45) is 0 Å². The van der Waals surface area contributed by atoms with Crippen LogP contribution in [0.5, 0.6) is 0 Å². The Morgan fingerprint density at radius 3 is 2.88 bits per heavy atom. The van der Waals surface area contributed by atoms with E-state index in [0.717, 1.165) is 16.1 Å². The van der Waals surface area contributed by atoms with Crippen molar-refractivity contribution < 1.29 is 0 Å². The van der Waals surface area contributed by atoms with Gasteiger partial charge in [0.15, 0.2) is 0 Å². The molecule has 0 aliphatic carbocycles. The topological polar surface area (TPSA) is 65.4 Å². The van der Waals surface area contributed by atoms with E-state index in [1.54, 1.807) is 22.2 Å². The molecular weight excluding hydrogens is 220 g/mol. The number of rotatable bonds is 3. The van der Waals surface area contributed by atoms with Gasteiger partial charge in [-0.15, -0.1) is 11.3 Å². The summed E-state index contributed by atoms with van der Waals surface area (Å²) in [6.07, 6.45) is 2.08. The second-order valence-corrected chi connectivity index (χ2v) is 4.12. The minimum Gasteiger partial charge on any atom is -0.258 e. The number of nitrogens with zero attached hydrogens (tertiary/aromatic N) is 4. The van der Waals surface area contributed by atoms with Crippen molar-refractivity contribution in [3.8, 4) is 22.7 Å². The molecule has 16 heavy (non-hydrogen) atoms. The maximum absolute atomic E-state index is 8.73. The minimum absolute atomic E-state index is 0.212. The predicted octanol–water partition coefficient (Wildman–Crippen LogP) is 2.20. The molecule has 2 aromatic rings. The molecule has 0 saturated heterocycles. The van der Waals surface area contributed by atoms with E-state index >= 15 is 0 Å². The van der Waals surface area contributed by atoms with Crippen molar-refractivity contribution in [1.82, 2.24) is 9.78 Å². The van der Waals surface area contributed by atoms with Crippen molar-refractivity contribution in [1.29, 1.82) is 10.5 Å². The standard InChI is InChI=1S/C11H8N4S/c12-4-3-9-8-15(6-5-13)14-11(9)10-2-1-7-16-10/h1-2,7-8H,3,6H2. The lowest BCUT2D eigenvalue weighted by atomic mass is 10.2. The minimum atomic E-state index is 0.212. The molecule has 0 amide bonds. The summed E-state index contributed by atoms with van der Waals surface area (Å²) in [5, 5.41) is 23.6. The van der Waals surface area contributed by atoms with Gasteiger partial charge in [-0.2, -0.15) is 15.6 Å². The highest BCUT2D eigenvalue weighted by Gasteiger charge is 2.11. The molecule has 5 heteroatoms. The second kappa shape index (κ2) is 4.61. The Morgan fingerprint density at radius 1 is 1.38 bits per heavy atom. The quantitative estimate of drug-likeness (QED) is 0.808. The van der Waals surface area contributed by atoms with Gasteiger partial charge in [0.25, 0.3) is 0 Å². The normalized spacial score (nSPS) is 9.62. The Labute approximate surface area is 97.0 Å². The van der Waals surface area contributed by atoms with Gasteiger partial charge in [-0.1, -0.05) is 6.07 Å². The molecule has 2 rings (SSSR count). The molecule has 0 N–H and O–H groups in total. The molecule has 0 radical (unpaired) electrons. The first-order chi connectivity index (χ1) is 7.85. The molecule has 0 aromatic carbocycles. The van der Waals surface area contributed by atoms with Crippen LogP contribution in [0.2, 0.25) is 0 Å². The van der Waals surface area contributed by atoms with Gasteiger partial charge in [0.2, 0.25) is 0 Å². The third kappa shape index (κ3) is 1.95. The fourth-order valence-electron chi connectivity index (χ4n) is 1.45. The Hall–Kier alpha value is -2.11. The van der Waals surface area contributed by atoms with E-state index in [2.05, 4.69) is 11.2 Å². The molecule has 4 nitrogen and oxygen atoms in total. The fourth-order valence-corrected chi connectivity index (χ4v) is 2.20. The highest BCUT2D eigenvalue weighted by molar-refractivity contribution is 7.13. The van der Waals surface area contributed by atoms with Crippen LogP contribution in [0.3, 0.4) is 0 Å². The Bertz CT molecular complexity index is 554. The first-order valence-electron chi connectivity index (χ1n) is 4.69. The number of aromatic nitrogens is 2. The second-order valence-electron chi connectivity index (χ2n) is 3.17. The molecule has 78 valence electrons.